The number of ether oxygens (including phenoxy) is 2. The van der Waals surface area contributed by atoms with Crippen molar-refractivity contribution in [2.75, 3.05) is 26.4 Å². The number of hydrogen-bond acceptors (Lipinski definition) is 6. The molecule has 0 saturated heterocycles. The van der Waals surface area contributed by atoms with Gasteiger partial charge in [-0.3, -0.25) is 4.55 Å². The van der Waals surface area contributed by atoms with Crippen molar-refractivity contribution >= 4 is 10.1 Å². The van der Waals surface area contributed by atoms with Crippen molar-refractivity contribution in [1.29, 1.82) is 0 Å². The Kier molecular flexibility index (Phi) is 5.35. The van der Waals surface area contributed by atoms with Crippen molar-refractivity contribution in [3.05, 3.63) is 18.2 Å². The number of benzene rings is 1. The Bertz CT molecular complexity index is 457. The first-order valence-corrected chi connectivity index (χ1v) is 6.52. The summed E-state index contributed by atoms with van der Waals surface area (Å²) in [6, 6.07) is 4.11. The van der Waals surface area contributed by atoms with E-state index >= 15 is 0 Å². The summed E-state index contributed by atoms with van der Waals surface area (Å²) < 4.78 is 41.7. The van der Waals surface area contributed by atoms with Crippen LogP contribution in [0.25, 0.3) is 0 Å². The summed E-state index contributed by atoms with van der Waals surface area (Å²) in [7, 11) is -4.54. The highest BCUT2D eigenvalue weighted by Crippen LogP contribution is 2.33. The first kappa shape index (κ1) is 14.7. The standard InChI is InChI=1S/C10H14O7S/c11-4-6-16-8-2-1-3-9(17-7-5-12)10(8)18(13,14)15/h1-3,11-12H,4-7H2,(H,13,14,15). The first-order chi connectivity index (χ1) is 8.50. The molecule has 8 heteroatoms. The molecule has 3 N–H and O–H groups in total. The molecule has 18 heavy (non-hydrogen) atoms. The van der Waals surface area contributed by atoms with Crippen LogP contribution in [-0.2, 0) is 10.1 Å². The normalized spacial score (nSPS) is 11.3. The Balaban J connectivity index is 3.18. The summed E-state index contributed by atoms with van der Waals surface area (Å²) in [5.74, 6) is -0.246. The molecule has 0 saturated carbocycles. The van der Waals surface area contributed by atoms with Gasteiger partial charge in [-0.2, -0.15) is 8.42 Å². The maximum atomic E-state index is 11.3. The van der Waals surface area contributed by atoms with Crippen molar-refractivity contribution in [3.8, 4) is 11.5 Å². The maximum Gasteiger partial charge on any atom is 0.301 e. The molecular weight excluding hydrogens is 264 g/mol. The Morgan fingerprint density at radius 3 is 1.78 bits per heavy atom. The summed E-state index contributed by atoms with van der Waals surface area (Å²) in [5.41, 5.74) is 0. The highest BCUT2D eigenvalue weighted by Gasteiger charge is 2.22. The molecule has 0 aromatic heterocycles. The van der Waals surface area contributed by atoms with Crippen LogP contribution in [0.1, 0.15) is 0 Å². The van der Waals surface area contributed by atoms with Gasteiger partial charge in [0.25, 0.3) is 0 Å². The minimum absolute atomic E-state index is 0.119. The van der Waals surface area contributed by atoms with Crippen molar-refractivity contribution in [3.63, 3.8) is 0 Å². The third-order valence-corrected chi connectivity index (χ3v) is 2.82. The molecular formula is C10H14O7S. The molecule has 1 aromatic rings. The van der Waals surface area contributed by atoms with Crippen LogP contribution < -0.4 is 9.47 Å². The number of hydrogen-bond donors (Lipinski definition) is 3. The van der Waals surface area contributed by atoms with Gasteiger partial charge in [-0.25, -0.2) is 0 Å². The summed E-state index contributed by atoms with van der Waals surface area (Å²) in [6.45, 7) is -0.836. The number of aliphatic hydroxyl groups is 2. The predicted octanol–water partition coefficient (Wildman–Crippen LogP) is -0.325. The van der Waals surface area contributed by atoms with E-state index in [1.807, 2.05) is 0 Å². The molecule has 0 spiro atoms. The summed E-state index contributed by atoms with van der Waals surface area (Å²) in [5, 5.41) is 17.3. The van der Waals surface area contributed by atoms with Crippen LogP contribution >= 0.6 is 0 Å². The Morgan fingerprint density at radius 1 is 1.00 bits per heavy atom. The van der Waals surface area contributed by atoms with Gasteiger partial charge >= 0.3 is 10.1 Å². The monoisotopic (exact) mass is 278 g/mol. The second-order valence-electron chi connectivity index (χ2n) is 3.20. The Morgan fingerprint density at radius 2 is 1.44 bits per heavy atom. The van der Waals surface area contributed by atoms with Crippen LogP contribution in [0, 0.1) is 0 Å². The van der Waals surface area contributed by atoms with Gasteiger partial charge in [-0.1, -0.05) is 6.07 Å². The Hall–Kier alpha value is -1.35. The molecule has 1 aromatic carbocycles. The summed E-state index contributed by atoms with van der Waals surface area (Å²) in [6.07, 6.45) is 0. The van der Waals surface area contributed by atoms with E-state index in [-0.39, 0.29) is 37.9 Å². The molecule has 0 amide bonds. The van der Waals surface area contributed by atoms with E-state index in [1.165, 1.54) is 18.2 Å². The van der Waals surface area contributed by atoms with E-state index in [4.69, 9.17) is 24.2 Å². The minimum atomic E-state index is -4.54. The number of rotatable bonds is 7. The number of aliphatic hydroxyl groups excluding tert-OH is 2. The Labute approximate surface area is 104 Å². The van der Waals surface area contributed by atoms with E-state index in [9.17, 15) is 8.42 Å². The second-order valence-corrected chi connectivity index (χ2v) is 4.56. The average Bonchev–Trinajstić information content (AvgIpc) is 2.32. The average molecular weight is 278 g/mol. The van der Waals surface area contributed by atoms with E-state index in [0.717, 1.165) is 0 Å². The fourth-order valence-corrected chi connectivity index (χ4v) is 2.05. The minimum Gasteiger partial charge on any atom is -0.490 e. The van der Waals surface area contributed by atoms with Gasteiger partial charge in [0, 0.05) is 0 Å². The maximum absolute atomic E-state index is 11.3. The largest absolute Gasteiger partial charge is 0.490 e. The molecule has 0 aliphatic carbocycles. The van der Waals surface area contributed by atoms with Gasteiger partial charge < -0.3 is 19.7 Å². The third-order valence-electron chi connectivity index (χ3n) is 1.90. The zero-order chi connectivity index (χ0) is 13.6. The van der Waals surface area contributed by atoms with E-state index < -0.39 is 15.0 Å². The van der Waals surface area contributed by atoms with Gasteiger partial charge in [-0.15, -0.1) is 0 Å². The van der Waals surface area contributed by atoms with Crippen LogP contribution in [0.5, 0.6) is 11.5 Å². The quantitative estimate of drug-likeness (QED) is 0.585. The van der Waals surface area contributed by atoms with Gasteiger partial charge in [0.15, 0.2) is 4.90 Å². The lowest BCUT2D eigenvalue weighted by atomic mass is 10.3. The lowest BCUT2D eigenvalue weighted by Gasteiger charge is -2.13. The fraction of sp³-hybridized carbons (Fsp3) is 0.400. The molecule has 0 heterocycles. The van der Waals surface area contributed by atoms with Crippen molar-refractivity contribution < 1.29 is 32.7 Å². The van der Waals surface area contributed by atoms with E-state index in [1.54, 1.807) is 0 Å². The SMILES string of the molecule is O=S(=O)(O)c1c(OCCO)cccc1OCCO. The lowest BCUT2D eigenvalue weighted by molar-refractivity contribution is 0.188. The zero-order valence-electron chi connectivity index (χ0n) is 9.44. The van der Waals surface area contributed by atoms with Gasteiger partial charge in [-0.05, 0) is 12.1 Å². The van der Waals surface area contributed by atoms with Gasteiger partial charge in [0.1, 0.15) is 24.7 Å². The van der Waals surface area contributed by atoms with Crippen LogP contribution in [0.4, 0.5) is 0 Å². The molecule has 0 unspecified atom stereocenters. The lowest BCUT2D eigenvalue weighted by Crippen LogP contribution is -2.10. The van der Waals surface area contributed by atoms with Crippen LogP contribution in [0.15, 0.2) is 23.1 Å². The first-order valence-electron chi connectivity index (χ1n) is 5.08. The second kappa shape index (κ2) is 6.55. The molecule has 1 rings (SSSR count). The molecule has 0 aliphatic rings. The molecule has 0 fully saturated rings. The van der Waals surface area contributed by atoms with Crippen molar-refractivity contribution in [1.82, 2.24) is 0 Å². The zero-order valence-corrected chi connectivity index (χ0v) is 10.3. The van der Waals surface area contributed by atoms with Gasteiger partial charge in [0.2, 0.25) is 0 Å². The molecule has 102 valence electrons. The van der Waals surface area contributed by atoms with Crippen molar-refractivity contribution in [2.24, 2.45) is 0 Å². The van der Waals surface area contributed by atoms with Crippen LogP contribution in [-0.4, -0.2) is 49.6 Å². The summed E-state index contributed by atoms with van der Waals surface area (Å²) in [4.78, 5) is -0.521. The molecule has 0 bridgehead atoms. The molecule has 0 aliphatic heterocycles. The third kappa shape index (κ3) is 3.84. The van der Waals surface area contributed by atoms with E-state index in [2.05, 4.69) is 0 Å². The predicted molar refractivity (Wildman–Crippen MR) is 61.4 cm³/mol. The van der Waals surface area contributed by atoms with Gasteiger partial charge in [0.05, 0.1) is 13.2 Å². The molecule has 0 radical (unpaired) electrons. The van der Waals surface area contributed by atoms with Crippen molar-refractivity contribution in [2.45, 2.75) is 4.90 Å². The fourth-order valence-electron chi connectivity index (χ4n) is 1.29. The topological polar surface area (TPSA) is 113 Å². The van der Waals surface area contributed by atoms with Crippen LogP contribution in [0.3, 0.4) is 0 Å². The smallest absolute Gasteiger partial charge is 0.301 e. The van der Waals surface area contributed by atoms with Crippen LogP contribution in [0.2, 0.25) is 0 Å². The highest BCUT2D eigenvalue weighted by molar-refractivity contribution is 7.86. The molecule has 7 nitrogen and oxygen atoms in total. The highest BCUT2D eigenvalue weighted by atomic mass is 32.2. The summed E-state index contributed by atoms with van der Waals surface area (Å²) >= 11 is 0. The molecule has 0 atom stereocenters. The van der Waals surface area contributed by atoms with E-state index in [0.29, 0.717) is 0 Å².